The van der Waals surface area contributed by atoms with Crippen LogP contribution in [-0.4, -0.2) is 23.6 Å². The monoisotopic (exact) mass is 299 g/mol. The summed E-state index contributed by atoms with van der Waals surface area (Å²) in [5.41, 5.74) is 0. The van der Waals surface area contributed by atoms with Gasteiger partial charge in [0.1, 0.15) is 0 Å². The lowest BCUT2D eigenvalue weighted by atomic mass is 10.4. The van der Waals surface area contributed by atoms with Crippen LogP contribution in [-0.2, 0) is 9.36 Å². The molecule has 0 bridgehead atoms. The third-order valence-corrected chi connectivity index (χ3v) is 6.89. The van der Waals surface area contributed by atoms with Crippen LogP contribution < -0.4 is 10.6 Å². The van der Waals surface area contributed by atoms with Crippen molar-refractivity contribution in [1.29, 1.82) is 0 Å². The largest absolute Gasteiger partial charge is 0.335 e. The van der Waals surface area contributed by atoms with E-state index in [4.69, 9.17) is 0 Å². The van der Waals surface area contributed by atoms with Gasteiger partial charge in [-0.15, -0.1) is 0 Å². The van der Waals surface area contributed by atoms with Crippen LogP contribution in [0.2, 0.25) is 0 Å². The Labute approximate surface area is 125 Å². The molecule has 0 unspecified atom stereocenters. The number of hydrogen-bond acceptors (Lipinski definition) is 2. The lowest BCUT2D eigenvalue weighted by molar-refractivity contribution is -0.126. The van der Waals surface area contributed by atoms with Gasteiger partial charge in [0.25, 0.3) is 0 Å². The molecule has 0 spiro atoms. The van der Waals surface area contributed by atoms with Crippen LogP contribution in [0, 0.1) is 0 Å². The minimum atomic E-state index is -2.81. The Hall–Kier alpha value is -1.86. The average Bonchev–Trinajstić information content (AvgIpc) is 2.94. The first-order valence-corrected chi connectivity index (χ1v) is 9.07. The lowest BCUT2D eigenvalue weighted by Gasteiger charge is -2.25. The molecule has 1 aliphatic rings. The van der Waals surface area contributed by atoms with Gasteiger partial charge in [0.15, 0.2) is 7.14 Å². The Morgan fingerprint density at radius 2 is 1.43 bits per heavy atom. The van der Waals surface area contributed by atoms with Crippen LogP contribution in [0.25, 0.3) is 0 Å². The van der Waals surface area contributed by atoms with Gasteiger partial charge in [0, 0.05) is 23.6 Å². The van der Waals surface area contributed by atoms with Gasteiger partial charge in [-0.25, -0.2) is 0 Å². The summed E-state index contributed by atoms with van der Waals surface area (Å²) >= 11 is 0. The van der Waals surface area contributed by atoms with E-state index in [1.165, 1.54) is 0 Å². The second kappa shape index (κ2) is 5.87. The SMILES string of the molecule is O=C1CCCN1CP(=O)(c1ccccc1)c1ccccc1. The zero-order valence-corrected chi connectivity index (χ0v) is 12.7. The van der Waals surface area contributed by atoms with Crippen molar-refractivity contribution < 1.29 is 9.36 Å². The molecule has 0 aromatic heterocycles. The molecule has 3 nitrogen and oxygen atoms in total. The highest BCUT2D eigenvalue weighted by Crippen LogP contribution is 2.44. The number of amides is 1. The van der Waals surface area contributed by atoms with E-state index in [2.05, 4.69) is 0 Å². The third kappa shape index (κ3) is 2.79. The summed E-state index contributed by atoms with van der Waals surface area (Å²) in [6.45, 7) is 0.711. The summed E-state index contributed by atoms with van der Waals surface area (Å²) in [5.74, 6) is 0.113. The van der Waals surface area contributed by atoms with Crippen molar-refractivity contribution in [1.82, 2.24) is 4.90 Å². The van der Waals surface area contributed by atoms with Crippen molar-refractivity contribution in [3.8, 4) is 0 Å². The fourth-order valence-corrected chi connectivity index (χ4v) is 5.46. The molecule has 0 radical (unpaired) electrons. The molecule has 21 heavy (non-hydrogen) atoms. The molecule has 1 amide bonds. The second-order valence-electron chi connectivity index (χ2n) is 5.31. The highest BCUT2D eigenvalue weighted by atomic mass is 31.2. The van der Waals surface area contributed by atoms with Crippen LogP contribution in [0.15, 0.2) is 60.7 Å². The van der Waals surface area contributed by atoms with Crippen LogP contribution in [0.5, 0.6) is 0 Å². The first-order chi connectivity index (χ1) is 10.2. The van der Waals surface area contributed by atoms with E-state index in [1.807, 2.05) is 60.7 Å². The molecular weight excluding hydrogens is 281 g/mol. The maximum atomic E-state index is 13.7. The van der Waals surface area contributed by atoms with E-state index in [0.29, 0.717) is 19.3 Å². The Balaban J connectivity index is 2.03. The molecule has 0 N–H and O–H groups in total. The molecule has 0 atom stereocenters. The van der Waals surface area contributed by atoms with Gasteiger partial charge >= 0.3 is 0 Å². The van der Waals surface area contributed by atoms with Crippen LogP contribution in [0.4, 0.5) is 0 Å². The van der Waals surface area contributed by atoms with E-state index in [9.17, 15) is 9.36 Å². The van der Waals surface area contributed by atoms with Gasteiger partial charge in [0.2, 0.25) is 5.91 Å². The Kier molecular flexibility index (Phi) is 3.94. The number of likely N-dealkylation sites (tertiary alicyclic amines) is 1. The van der Waals surface area contributed by atoms with Crippen molar-refractivity contribution in [3.63, 3.8) is 0 Å². The zero-order valence-electron chi connectivity index (χ0n) is 11.8. The molecule has 108 valence electrons. The summed E-state index contributed by atoms with van der Waals surface area (Å²) in [5, 5.41) is 1.63. The zero-order chi connectivity index (χ0) is 14.7. The van der Waals surface area contributed by atoms with Crippen molar-refractivity contribution in [2.24, 2.45) is 0 Å². The van der Waals surface area contributed by atoms with Gasteiger partial charge in [-0.1, -0.05) is 60.7 Å². The Bertz CT molecular complexity index is 626. The average molecular weight is 299 g/mol. The molecule has 1 aliphatic heterocycles. The Morgan fingerprint density at radius 3 is 1.86 bits per heavy atom. The van der Waals surface area contributed by atoms with E-state index in [1.54, 1.807) is 4.90 Å². The topological polar surface area (TPSA) is 37.4 Å². The number of hydrogen-bond donors (Lipinski definition) is 0. The summed E-state index contributed by atoms with van der Waals surface area (Å²) in [6, 6.07) is 19.0. The molecule has 0 saturated carbocycles. The third-order valence-electron chi connectivity index (χ3n) is 3.89. The molecular formula is C17H18NO2P. The molecule has 1 saturated heterocycles. The smallest absolute Gasteiger partial charge is 0.223 e. The van der Waals surface area contributed by atoms with Crippen molar-refractivity contribution in [3.05, 3.63) is 60.7 Å². The minimum Gasteiger partial charge on any atom is -0.335 e. The predicted molar refractivity (Wildman–Crippen MR) is 85.6 cm³/mol. The molecule has 2 aromatic carbocycles. The van der Waals surface area contributed by atoms with E-state index >= 15 is 0 Å². The molecule has 1 fully saturated rings. The number of carbonyl (C=O) groups is 1. The maximum absolute atomic E-state index is 13.7. The minimum absolute atomic E-state index is 0.113. The first kappa shape index (κ1) is 14.1. The summed E-state index contributed by atoms with van der Waals surface area (Å²) in [6.07, 6.45) is 1.74. The fourth-order valence-electron chi connectivity index (χ4n) is 2.74. The van der Waals surface area contributed by atoms with Gasteiger partial charge in [0.05, 0.1) is 6.29 Å². The number of nitrogens with zero attached hydrogens (tertiary/aromatic N) is 1. The van der Waals surface area contributed by atoms with Crippen molar-refractivity contribution in [2.75, 3.05) is 12.8 Å². The van der Waals surface area contributed by atoms with Gasteiger partial charge in [-0.05, 0) is 6.42 Å². The molecule has 0 aliphatic carbocycles. The number of rotatable bonds is 4. The lowest BCUT2D eigenvalue weighted by Crippen LogP contribution is -2.31. The predicted octanol–water partition coefficient (Wildman–Crippen LogP) is 2.58. The number of benzene rings is 2. The second-order valence-corrected chi connectivity index (χ2v) is 8.11. The molecule has 3 rings (SSSR count). The number of carbonyl (C=O) groups excluding carboxylic acids is 1. The van der Waals surface area contributed by atoms with E-state index in [-0.39, 0.29) is 5.91 Å². The first-order valence-electron chi connectivity index (χ1n) is 7.18. The molecule has 1 heterocycles. The normalized spacial score (nSPS) is 15.4. The van der Waals surface area contributed by atoms with Gasteiger partial charge in [-0.3, -0.25) is 4.79 Å². The highest BCUT2D eigenvalue weighted by Gasteiger charge is 2.33. The van der Waals surface area contributed by atoms with Crippen LogP contribution in [0.1, 0.15) is 12.8 Å². The summed E-state index contributed by atoms with van der Waals surface area (Å²) in [7, 11) is -2.81. The van der Waals surface area contributed by atoms with Crippen LogP contribution >= 0.6 is 7.14 Å². The molecule has 2 aromatic rings. The van der Waals surface area contributed by atoms with Crippen molar-refractivity contribution >= 4 is 23.7 Å². The van der Waals surface area contributed by atoms with E-state index in [0.717, 1.165) is 17.0 Å². The fraction of sp³-hybridized carbons (Fsp3) is 0.235. The van der Waals surface area contributed by atoms with Crippen LogP contribution in [0.3, 0.4) is 0 Å². The standard InChI is InChI=1S/C17H18NO2P/c19-17-12-7-13-18(17)14-21(20,15-8-3-1-4-9-15)16-10-5-2-6-11-16/h1-6,8-11H,7,12-14H2. The van der Waals surface area contributed by atoms with Gasteiger partial charge < -0.3 is 9.46 Å². The highest BCUT2D eigenvalue weighted by molar-refractivity contribution is 7.78. The molecule has 4 heteroatoms. The van der Waals surface area contributed by atoms with Gasteiger partial charge in [-0.2, -0.15) is 0 Å². The quantitative estimate of drug-likeness (QED) is 0.814. The summed E-state index contributed by atoms with van der Waals surface area (Å²) in [4.78, 5) is 13.7. The maximum Gasteiger partial charge on any atom is 0.223 e. The Morgan fingerprint density at radius 1 is 0.905 bits per heavy atom. The van der Waals surface area contributed by atoms with E-state index < -0.39 is 7.14 Å². The summed E-state index contributed by atoms with van der Waals surface area (Å²) < 4.78 is 13.7. The van der Waals surface area contributed by atoms with Crippen molar-refractivity contribution in [2.45, 2.75) is 12.8 Å².